The second-order valence-corrected chi connectivity index (χ2v) is 5.24. The van der Waals surface area contributed by atoms with E-state index in [1.807, 2.05) is 0 Å². The molecule has 0 heterocycles. The molecule has 0 aliphatic carbocycles. The summed E-state index contributed by atoms with van der Waals surface area (Å²) in [5, 5.41) is 0. The van der Waals surface area contributed by atoms with E-state index in [2.05, 4.69) is 13.8 Å². The highest BCUT2D eigenvalue weighted by atomic mass is 16.1. The van der Waals surface area contributed by atoms with Gasteiger partial charge in [0.15, 0.2) is 0 Å². The van der Waals surface area contributed by atoms with Crippen LogP contribution in [0.15, 0.2) is 0 Å². The monoisotopic (exact) mass is 270 g/mol. The zero-order chi connectivity index (χ0) is 14.8. The van der Waals surface area contributed by atoms with E-state index >= 15 is 0 Å². The fourth-order valence-corrected chi connectivity index (χ4v) is 1.81. The molecular weight excluding hydrogens is 236 g/mol. The predicted molar refractivity (Wildman–Crippen MR) is 83.5 cm³/mol. The van der Waals surface area contributed by atoms with Crippen LogP contribution in [0.4, 0.5) is 0 Å². The molecule has 0 aromatic heterocycles. The molecule has 114 valence electrons. The van der Waals surface area contributed by atoms with Crippen molar-refractivity contribution >= 4 is 12.1 Å². The van der Waals surface area contributed by atoms with Crippen LogP contribution in [0.1, 0.15) is 97.8 Å². The van der Waals surface area contributed by atoms with Crippen molar-refractivity contribution in [3.8, 4) is 0 Å². The molecule has 0 aliphatic rings. The van der Waals surface area contributed by atoms with Crippen molar-refractivity contribution in [2.24, 2.45) is 0 Å². The largest absolute Gasteiger partial charge is 0.303 e. The van der Waals surface area contributed by atoms with Crippen LogP contribution in [0.3, 0.4) is 0 Å². The van der Waals surface area contributed by atoms with E-state index in [1.165, 1.54) is 51.4 Å². The van der Waals surface area contributed by atoms with Gasteiger partial charge >= 0.3 is 0 Å². The molecule has 0 aliphatic heterocycles. The van der Waals surface area contributed by atoms with Crippen LogP contribution in [-0.4, -0.2) is 12.1 Å². The number of aldehydes is 1. The minimum atomic E-state index is 0.318. The SMILES string of the molecule is CCCCCC(C)=O.CCCCCCCCCC=O. The lowest BCUT2D eigenvalue weighted by molar-refractivity contribution is -0.117. The van der Waals surface area contributed by atoms with Gasteiger partial charge < -0.3 is 9.59 Å². The van der Waals surface area contributed by atoms with Crippen molar-refractivity contribution in [3.63, 3.8) is 0 Å². The molecule has 0 rings (SSSR count). The first kappa shape index (κ1) is 20.7. The Balaban J connectivity index is 0. The molecule has 0 aromatic carbocycles. The van der Waals surface area contributed by atoms with Crippen LogP contribution in [0, 0.1) is 0 Å². The van der Waals surface area contributed by atoms with Gasteiger partial charge in [-0.25, -0.2) is 0 Å². The molecule has 0 radical (unpaired) electrons. The van der Waals surface area contributed by atoms with Gasteiger partial charge in [0.2, 0.25) is 0 Å². The van der Waals surface area contributed by atoms with Gasteiger partial charge in [-0.15, -0.1) is 0 Å². The summed E-state index contributed by atoms with van der Waals surface area (Å²) in [6.07, 6.45) is 15.1. The number of carbonyl (C=O) groups is 2. The Bertz CT molecular complexity index is 188. The first-order chi connectivity index (χ1) is 9.18. The quantitative estimate of drug-likeness (QED) is 0.347. The van der Waals surface area contributed by atoms with Gasteiger partial charge in [-0.1, -0.05) is 65.2 Å². The minimum absolute atomic E-state index is 0.318. The van der Waals surface area contributed by atoms with Crippen molar-refractivity contribution in [2.45, 2.75) is 97.8 Å². The average Bonchev–Trinajstić information content (AvgIpc) is 2.39. The highest BCUT2D eigenvalue weighted by Crippen LogP contribution is 2.07. The number of carbonyl (C=O) groups excluding carboxylic acids is 2. The first-order valence-electron chi connectivity index (χ1n) is 8.12. The molecule has 0 fully saturated rings. The number of rotatable bonds is 12. The summed E-state index contributed by atoms with van der Waals surface area (Å²) in [5.41, 5.74) is 0. The summed E-state index contributed by atoms with van der Waals surface area (Å²) >= 11 is 0. The van der Waals surface area contributed by atoms with Crippen LogP contribution < -0.4 is 0 Å². The zero-order valence-electron chi connectivity index (χ0n) is 13.4. The molecule has 19 heavy (non-hydrogen) atoms. The lowest BCUT2D eigenvalue weighted by atomic mass is 10.1. The maximum atomic E-state index is 10.3. The van der Waals surface area contributed by atoms with Gasteiger partial charge in [0.1, 0.15) is 12.1 Å². The third-order valence-electron chi connectivity index (χ3n) is 3.06. The average molecular weight is 270 g/mol. The molecule has 0 amide bonds. The summed E-state index contributed by atoms with van der Waals surface area (Å²) in [7, 11) is 0. The smallest absolute Gasteiger partial charge is 0.129 e. The second kappa shape index (κ2) is 19.7. The topological polar surface area (TPSA) is 34.1 Å². The zero-order valence-corrected chi connectivity index (χ0v) is 13.4. The Morgan fingerprint density at radius 3 is 1.74 bits per heavy atom. The Morgan fingerprint density at radius 1 is 0.789 bits per heavy atom. The lowest BCUT2D eigenvalue weighted by Crippen LogP contribution is -1.87. The summed E-state index contributed by atoms with van der Waals surface area (Å²) in [5.74, 6) is 0.318. The molecule has 2 nitrogen and oxygen atoms in total. The molecule has 0 atom stereocenters. The van der Waals surface area contributed by atoms with Gasteiger partial charge in [0.05, 0.1) is 0 Å². The maximum absolute atomic E-state index is 10.3. The van der Waals surface area contributed by atoms with Gasteiger partial charge in [0.25, 0.3) is 0 Å². The van der Waals surface area contributed by atoms with Crippen molar-refractivity contribution in [2.75, 3.05) is 0 Å². The third kappa shape index (κ3) is 26.8. The fraction of sp³-hybridized carbons (Fsp3) is 0.882. The lowest BCUT2D eigenvalue weighted by Gasteiger charge is -1.97. The van der Waals surface area contributed by atoms with Gasteiger partial charge in [-0.2, -0.15) is 0 Å². The van der Waals surface area contributed by atoms with Crippen LogP contribution in [0.2, 0.25) is 0 Å². The number of unbranched alkanes of at least 4 members (excludes halogenated alkanes) is 9. The predicted octanol–water partition coefficient (Wildman–Crippen LogP) is 5.48. The third-order valence-corrected chi connectivity index (χ3v) is 3.06. The molecule has 0 saturated heterocycles. The van der Waals surface area contributed by atoms with Crippen molar-refractivity contribution in [1.82, 2.24) is 0 Å². The summed E-state index contributed by atoms with van der Waals surface area (Å²) in [4.78, 5) is 20.3. The number of hydrogen-bond acceptors (Lipinski definition) is 2. The van der Waals surface area contributed by atoms with E-state index in [0.29, 0.717) is 5.78 Å². The molecule has 0 N–H and O–H groups in total. The molecule has 2 heteroatoms. The fourth-order valence-electron chi connectivity index (χ4n) is 1.81. The Hall–Kier alpha value is -0.660. The summed E-state index contributed by atoms with van der Waals surface area (Å²) < 4.78 is 0. The highest BCUT2D eigenvalue weighted by Gasteiger charge is 1.90. The van der Waals surface area contributed by atoms with Crippen LogP contribution in [0.25, 0.3) is 0 Å². The Labute approximate surface area is 120 Å². The Kier molecular flexibility index (Phi) is 21.4. The number of ketones is 1. The highest BCUT2D eigenvalue weighted by molar-refractivity contribution is 5.75. The molecule has 0 bridgehead atoms. The number of Topliss-reactive ketones (excluding diaryl/α,β-unsaturated/α-hetero) is 1. The second-order valence-electron chi connectivity index (χ2n) is 5.24. The van der Waals surface area contributed by atoms with Crippen molar-refractivity contribution in [1.29, 1.82) is 0 Å². The minimum Gasteiger partial charge on any atom is -0.303 e. The normalized spacial score (nSPS) is 9.63. The van der Waals surface area contributed by atoms with E-state index in [1.54, 1.807) is 6.92 Å². The maximum Gasteiger partial charge on any atom is 0.129 e. The van der Waals surface area contributed by atoms with Crippen LogP contribution >= 0.6 is 0 Å². The van der Waals surface area contributed by atoms with E-state index in [9.17, 15) is 9.59 Å². The molecule has 0 unspecified atom stereocenters. The van der Waals surface area contributed by atoms with Crippen LogP contribution in [0.5, 0.6) is 0 Å². The van der Waals surface area contributed by atoms with Gasteiger partial charge in [-0.05, 0) is 19.8 Å². The number of hydrogen-bond donors (Lipinski definition) is 0. The molecule has 0 aromatic rings. The van der Waals surface area contributed by atoms with Gasteiger partial charge in [-0.3, -0.25) is 0 Å². The van der Waals surface area contributed by atoms with Crippen molar-refractivity contribution in [3.05, 3.63) is 0 Å². The van der Waals surface area contributed by atoms with E-state index in [4.69, 9.17) is 0 Å². The van der Waals surface area contributed by atoms with Crippen LogP contribution in [-0.2, 0) is 9.59 Å². The molecule has 0 saturated carbocycles. The first-order valence-corrected chi connectivity index (χ1v) is 8.12. The standard InChI is InChI=1S/C10H20O.C7H14O/c1-2-3-4-5-6-7-8-9-10-11;1-3-4-5-6-7(2)8/h10H,2-9H2,1H3;3-6H2,1-2H3. The Morgan fingerprint density at radius 2 is 1.26 bits per heavy atom. The summed E-state index contributed by atoms with van der Waals surface area (Å²) in [6, 6.07) is 0. The van der Waals surface area contributed by atoms with E-state index in [0.717, 1.165) is 32.0 Å². The van der Waals surface area contributed by atoms with E-state index < -0.39 is 0 Å². The molecule has 0 spiro atoms. The van der Waals surface area contributed by atoms with E-state index in [-0.39, 0.29) is 0 Å². The summed E-state index contributed by atoms with van der Waals surface area (Å²) in [6.45, 7) is 6.02. The van der Waals surface area contributed by atoms with Gasteiger partial charge in [0, 0.05) is 12.8 Å². The molecular formula is C17H34O2. The van der Waals surface area contributed by atoms with Crippen molar-refractivity contribution < 1.29 is 9.59 Å².